The Hall–Kier alpha value is -2.21. The second-order valence-electron chi connectivity index (χ2n) is 6.25. The topological polar surface area (TPSA) is 69.7 Å². The van der Waals surface area contributed by atoms with Crippen molar-refractivity contribution in [1.29, 1.82) is 0 Å². The van der Waals surface area contributed by atoms with Gasteiger partial charge in [-0.1, -0.05) is 17.7 Å². The molecule has 1 heterocycles. The number of rotatable bonds is 4. The number of carbonyl (C=O) groups is 3. The molecule has 1 fully saturated rings. The molecule has 1 aliphatic rings. The van der Waals surface area contributed by atoms with E-state index in [0.29, 0.717) is 0 Å². The molecule has 0 spiro atoms. The summed E-state index contributed by atoms with van der Waals surface area (Å²) in [5, 5.41) is 2.91. The van der Waals surface area contributed by atoms with Crippen LogP contribution >= 0.6 is 0 Å². The van der Waals surface area contributed by atoms with Gasteiger partial charge in [-0.3, -0.25) is 24.2 Å². The van der Waals surface area contributed by atoms with Gasteiger partial charge >= 0.3 is 0 Å². The average molecular weight is 317 g/mol. The van der Waals surface area contributed by atoms with Gasteiger partial charge in [-0.25, -0.2) is 0 Å². The van der Waals surface area contributed by atoms with E-state index in [9.17, 15) is 14.4 Å². The highest BCUT2D eigenvalue weighted by molar-refractivity contribution is 6.05. The molecule has 1 saturated heterocycles. The van der Waals surface area contributed by atoms with Gasteiger partial charge in [-0.05, 0) is 38.9 Å². The summed E-state index contributed by atoms with van der Waals surface area (Å²) in [6, 6.07) is 3.47. The molecule has 6 nitrogen and oxygen atoms in total. The lowest BCUT2D eigenvalue weighted by Crippen LogP contribution is -2.42. The van der Waals surface area contributed by atoms with Crippen molar-refractivity contribution in [3.8, 4) is 0 Å². The summed E-state index contributed by atoms with van der Waals surface area (Å²) in [5.74, 6) is -0.664. The van der Waals surface area contributed by atoms with Crippen LogP contribution in [0, 0.1) is 20.8 Å². The Morgan fingerprint density at radius 2 is 1.83 bits per heavy atom. The highest BCUT2D eigenvalue weighted by Gasteiger charge is 2.38. The van der Waals surface area contributed by atoms with Crippen LogP contribution in [0.3, 0.4) is 0 Å². The van der Waals surface area contributed by atoms with Crippen LogP contribution in [0.15, 0.2) is 12.1 Å². The van der Waals surface area contributed by atoms with Gasteiger partial charge in [0.15, 0.2) is 0 Å². The van der Waals surface area contributed by atoms with E-state index in [1.807, 2.05) is 32.9 Å². The number of likely N-dealkylation sites (N-methyl/N-ethyl adjacent to an activating group) is 2. The Morgan fingerprint density at radius 1 is 1.26 bits per heavy atom. The maximum absolute atomic E-state index is 12.3. The number of hydrogen-bond acceptors (Lipinski definition) is 4. The van der Waals surface area contributed by atoms with Gasteiger partial charge < -0.3 is 5.32 Å². The van der Waals surface area contributed by atoms with E-state index in [-0.39, 0.29) is 30.7 Å². The third kappa shape index (κ3) is 3.59. The van der Waals surface area contributed by atoms with Gasteiger partial charge in [-0.2, -0.15) is 0 Å². The van der Waals surface area contributed by atoms with E-state index in [1.54, 1.807) is 11.9 Å². The van der Waals surface area contributed by atoms with E-state index >= 15 is 0 Å². The molecule has 1 aliphatic heterocycles. The average Bonchev–Trinajstić information content (AvgIpc) is 2.70. The maximum atomic E-state index is 12.3. The number of amides is 3. The lowest BCUT2D eigenvalue weighted by Gasteiger charge is -2.22. The maximum Gasteiger partial charge on any atom is 0.246 e. The molecule has 23 heavy (non-hydrogen) atoms. The number of imide groups is 1. The summed E-state index contributed by atoms with van der Waals surface area (Å²) in [6.45, 7) is 5.98. The fourth-order valence-corrected chi connectivity index (χ4v) is 2.97. The lowest BCUT2D eigenvalue weighted by atomic mass is 10.1. The van der Waals surface area contributed by atoms with E-state index in [0.717, 1.165) is 27.3 Å². The predicted octanol–water partition coefficient (Wildman–Crippen LogP) is 1.24. The molecule has 0 bridgehead atoms. The summed E-state index contributed by atoms with van der Waals surface area (Å²) in [7, 11) is 3.15. The standard InChI is InChI=1S/C17H23N3O3/c1-10-6-11(2)16(12(3)7-10)18-14(21)9-19(4)13-8-15(22)20(5)17(13)23/h6-7,13H,8-9H2,1-5H3,(H,18,21)/t13-/m1/s1. The normalized spacial score (nSPS) is 18.0. The van der Waals surface area contributed by atoms with Crippen LogP contribution in [0.5, 0.6) is 0 Å². The number of benzene rings is 1. The van der Waals surface area contributed by atoms with E-state index < -0.39 is 6.04 Å². The molecule has 1 aromatic rings. The van der Waals surface area contributed by atoms with Gasteiger partial charge in [0.1, 0.15) is 0 Å². The molecule has 124 valence electrons. The third-order valence-corrected chi connectivity index (χ3v) is 4.22. The van der Waals surface area contributed by atoms with E-state index in [2.05, 4.69) is 5.32 Å². The fraction of sp³-hybridized carbons (Fsp3) is 0.471. The Bertz CT molecular complexity index is 646. The quantitative estimate of drug-likeness (QED) is 0.848. The summed E-state index contributed by atoms with van der Waals surface area (Å²) < 4.78 is 0. The van der Waals surface area contributed by atoms with Crippen molar-refractivity contribution in [3.05, 3.63) is 28.8 Å². The van der Waals surface area contributed by atoms with Crippen molar-refractivity contribution in [2.45, 2.75) is 33.2 Å². The SMILES string of the molecule is Cc1cc(C)c(NC(=O)CN(C)[C@@H]2CC(=O)N(C)C2=O)c(C)c1. The van der Waals surface area contributed by atoms with Gasteiger partial charge in [-0.15, -0.1) is 0 Å². The van der Waals surface area contributed by atoms with E-state index in [4.69, 9.17) is 0 Å². The summed E-state index contributed by atoms with van der Waals surface area (Å²) in [5.41, 5.74) is 3.96. The molecule has 6 heteroatoms. The molecule has 1 aromatic carbocycles. The molecule has 0 saturated carbocycles. The zero-order valence-corrected chi connectivity index (χ0v) is 14.3. The summed E-state index contributed by atoms with van der Waals surface area (Å²) >= 11 is 0. The lowest BCUT2D eigenvalue weighted by molar-refractivity contribution is -0.137. The van der Waals surface area contributed by atoms with E-state index in [1.165, 1.54) is 7.05 Å². The molecule has 3 amide bonds. The number of hydrogen-bond donors (Lipinski definition) is 1. The number of aryl methyl sites for hydroxylation is 3. The third-order valence-electron chi connectivity index (χ3n) is 4.22. The Labute approximate surface area is 136 Å². The van der Waals surface area contributed by atoms with Gasteiger partial charge in [0, 0.05) is 12.7 Å². The van der Waals surface area contributed by atoms with Crippen molar-refractivity contribution in [1.82, 2.24) is 9.80 Å². The number of likely N-dealkylation sites (tertiary alicyclic amines) is 1. The molecule has 2 rings (SSSR count). The Balaban J connectivity index is 2.03. The number of carbonyl (C=O) groups excluding carboxylic acids is 3. The number of anilines is 1. The monoisotopic (exact) mass is 317 g/mol. The fourth-order valence-electron chi connectivity index (χ4n) is 2.97. The van der Waals surface area contributed by atoms with Crippen molar-refractivity contribution < 1.29 is 14.4 Å². The molecular weight excluding hydrogens is 294 g/mol. The molecule has 1 atom stereocenters. The van der Waals surface area contributed by atoms with Gasteiger partial charge in [0.05, 0.1) is 19.0 Å². The number of nitrogens with one attached hydrogen (secondary N) is 1. The zero-order chi connectivity index (χ0) is 17.3. The van der Waals surface area contributed by atoms with Crippen LogP contribution in [0.4, 0.5) is 5.69 Å². The molecule has 0 aliphatic carbocycles. The number of nitrogens with zero attached hydrogens (tertiary/aromatic N) is 2. The largest absolute Gasteiger partial charge is 0.324 e. The molecule has 0 aromatic heterocycles. The minimum absolute atomic E-state index is 0.0598. The van der Waals surface area contributed by atoms with Crippen molar-refractivity contribution in [2.24, 2.45) is 0 Å². The highest BCUT2D eigenvalue weighted by Crippen LogP contribution is 2.22. The summed E-state index contributed by atoms with van der Waals surface area (Å²) in [6.07, 6.45) is 0.127. The van der Waals surface area contributed by atoms with Crippen LogP contribution in [0.1, 0.15) is 23.1 Å². The summed E-state index contributed by atoms with van der Waals surface area (Å²) in [4.78, 5) is 38.6. The van der Waals surface area contributed by atoms with Crippen LogP contribution in [-0.2, 0) is 14.4 Å². The van der Waals surface area contributed by atoms with Gasteiger partial charge in [0.2, 0.25) is 17.7 Å². The Morgan fingerprint density at radius 3 is 2.30 bits per heavy atom. The first-order chi connectivity index (χ1) is 10.7. The smallest absolute Gasteiger partial charge is 0.246 e. The minimum atomic E-state index is -0.557. The van der Waals surface area contributed by atoms with Crippen LogP contribution in [0.2, 0.25) is 0 Å². The van der Waals surface area contributed by atoms with Gasteiger partial charge in [0.25, 0.3) is 0 Å². The second-order valence-corrected chi connectivity index (χ2v) is 6.25. The first-order valence-electron chi connectivity index (χ1n) is 7.59. The predicted molar refractivity (Wildman–Crippen MR) is 88.1 cm³/mol. The molecule has 0 unspecified atom stereocenters. The van der Waals surface area contributed by atoms with Crippen molar-refractivity contribution in [3.63, 3.8) is 0 Å². The molecular formula is C17H23N3O3. The zero-order valence-electron chi connectivity index (χ0n) is 14.3. The van der Waals surface area contributed by atoms with Crippen molar-refractivity contribution >= 4 is 23.4 Å². The first kappa shape index (κ1) is 17.1. The van der Waals surface area contributed by atoms with Crippen molar-refractivity contribution in [2.75, 3.05) is 26.0 Å². The second kappa shape index (κ2) is 6.50. The van der Waals surface area contributed by atoms with Crippen LogP contribution in [-0.4, -0.2) is 54.2 Å². The minimum Gasteiger partial charge on any atom is -0.324 e. The first-order valence-corrected chi connectivity index (χ1v) is 7.59. The van der Waals surface area contributed by atoms with Crippen LogP contribution in [0.25, 0.3) is 0 Å². The highest BCUT2D eigenvalue weighted by atomic mass is 16.2. The molecule has 1 N–H and O–H groups in total. The Kier molecular flexibility index (Phi) is 4.85. The molecule has 0 radical (unpaired) electrons. The van der Waals surface area contributed by atoms with Crippen LogP contribution < -0.4 is 5.32 Å².